The Balaban J connectivity index is 2.60. The molecule has 0 aromatic heterocycles. The number of carbonyl (C=O) groups is 1. The Morgan fingerprint density at radius 1 is 1.25 bits per heavy atom. The van der Waals surface area contributed by atoms with Crippen molar-refractivity contribution in [3.05, 3.63) is 24.0 Å². The highest BCUT2D eigenvalue weighted by molar-refractivity contribution is 7.91. The average Bonchev–Trinajstić information content (AvgIpc) is 2.75. The minimum absolute atomic E-state index is 0.117. The van der Waals surface area contributed by atoms with Gasteiger partial charge in [0.25, 0.3) is 10.0 Å². The maximum atomic E-state index is 13.7. The maximum Gasteiger partial charge on any atom is 0.331 e. The summed E-state index contributed by atoms with van der Waals surface area (Å²) in [7, 11) is -8.11. The lowest BCUT2D eigenvalue weighted by atomic mass is 10.3. The van der Waals surface area contributed by atoms with Crippen molar-refractivity contribution in [2.75, 3.05) is 19.3 Å². The quantitative estimate of drug-likeness (QED) is 0.786. The first kappa shape index (κ1) is 14.7. The van der Waals surface area contributed by atoms with Crippen LogP contribution in [0.5, 0.6) is 0 Å². The first-order chi connectivity index (χ1) is 9.14. The van der Waals surface area contributed by atoms with Crippen LogP contribution in [0.2, 0.25) is 0 Å². The number of benzene rings is 1. The summed E-state index contributed by atoms with van der Waals surface area (Å²) in [5.41, 5.74) is 0. The molecule has 2 amide bonds. The molecule has 110 valence electrons. The zero-order valence-electron chi connectivity index (χ0n) is 10.3. The third-order valence-corrected chi connectivity index (χ3v) is 5.62. The van der Waals surface area contributed by atoms with Crippen LogP contribution in [0, 0.1) is 5.82 Å². The number of halogens is 1. The third-order valence-electron chi connectivity index (χ3n) is 2.72. The van der Waals surface area contributed by atoms with Crippen LogP contribution in [0.1, 0.15) is 0 Å². The SMILES string of the molecule is CS(=O)(=O)c1ccc(F)c(S(=O)(=O)N2CCNC2=O)c1. The highest BCUT2D eigenvalue weighted by Gasteiger charge is 2.35. The Labute approximate surface area is 115 Å². The van der Waals surface area contributed by atoms with E-state index in [2.05, 4.69) is 5.32 Å². The largest absolute Gasteiger partial charge is 0.335 e. The van der Waals surface area contributed by atoms with Crippen molar-refractivity contribution >= 4 is 25.9 Å². The highest BCUT2D eigenvalue weighted by atomic mass is 32.2. The van der Waals surface area contributed by atoms with Gasteiger partial charge in [-0.15, -0.1) is 0 Å². The second kappa shape index (κ2) is 4.70. The van der Waals surface area contributed by atoms with E-state index in [0.29, 0.717) is 10.4 Å². The number of urea groups is 1. The van der Waals surface area contributed by atoms with Gasteiger partial charge < -0.3 is 5.32 Å². The Morgan fingerprint density at radius 2 is 1.90 bits per heavy atom. The molecule has 0 radical (unpaired) electrons. The molecule has 1 saturated heterocycles. The fourth-order valence-electron chi connectivity index (χ4n) is 1.71. The van der Waals surface area contributed by atoms with Gasteiger partial charge in [0.05, 0.1) is 11.4 Å². The van der Waals surface area contributed by atoms with Crippen LogP contribution >= 0.6 is 0 Å². The number of hydrogen-bond acceptors (Lipinski definition) is 5. The molecule has 1 aromatic rings. The van der Waals surface area contributed by atoms with Gasteiger partial charge in [0.15, 0.2) is 9.84 Å². The maximum absolute atomic E-state index is 13.7. The van der Waals surface area contributed by atoms with Crippen LogP contribution < -0.4 is 5.32 Å². The number of nitrogens with one attached hydrogen (secondary N) is 1. The minimum atomic E-state index is -4.42. The van der Waals surface area contributed by atoms with Crippen molar-refractivity contribution in [2.45, 2.75) is 9.79 Å². The van der Waals surface area contributed by atoms with Gasteiger partial charge in [-0.05, 0) is 18.2 Å². The lowest BCUT2D eigenvalue weighted by Gasteiger charge is -2.15. The van der Waals surface area contributed by atoms with Gasteiger partial charge in [-0.1, -0.05) is 0 Å². The fraction of sp³-hybridized carbons (Fsp3) is 0.300. The van der Waals surface area contributed by atoms with Crippen molar-refractivity contribution in [3.8, 4) is 0 Å². The fourth-order valence-corrected chi connectivity index (χ4v) is 3.88. The third kappa shape index (κ3) is 2.48. The summed E-state index contributed by atoms with van der Waals surface area (Å²) in [6.45, 7) is -0.0187. The van der Waals surface area contributed by atoms with Crippen molar-refractivity contribution in [3.63, 3.8) is 0 Å². The van der Waals surface area contributed by atoms with E-state index in [-0.39, 0.29) is 18.0 Å². The average molecular weight is 322 g/mol. The van der Waals surface area contributed by atoms with Crippen LogP contribution in [-0.2, 0) is 19.9 Å². The van der Waals surface area contributed by atoms with Gasteiger partial charge in [0.2, 0.25) is 0 Å². The van der Waals surface area contributed by atoms with Crippen LogP contribution in [0.4, 0.5) is 9.18 Å². The molecule has 0 bridgehead atoms. The van der Waals surface area contributed by atoms with E-state index in [0.717, 1.165) is 18.4 Å². The summed E-state index contributed by atoms with van der Waals surface area (Å²) in [5.74, 6) is -1.11. The number of amides is 2. The molecule has 2 rings (SSSR count). The van der Waals surface area contributed by atoms with E-state index in [1.807, 2.05) is 0 Å². The monoisotopic (exact) mass is 322 g/mol. The van der Waals surface area contributed by atoms with Crippen molar-refractivity contribution < 1.29 is 26.0 Å². The predicted molar refractivity (Wildman–Crippen MR) is 66.8 cm³/mol. The number of carbonyl (C=O) groups excluding carboxylic acids is 1. The number of sulfone groups is 1. The van der Waals surface area contributed by atoms with E-state index in [4.69, 9.17) is 0 Å². The summed E-state index contributed by atoms with van der Waals surface area (Å²) >= 11 is 0. The van der Waals surface area contributed by atoms with Crippen molar-refractivity contribution in [1.29, 1.82) is 0 Å². The van der Waals surface area contributed by atoms with Crippen LogP contribution in [0.25, 0.3) is 0 Å². The molecular weight excluding hydrogens is 311 g/mol. The zero-order valence-corrected chi connectivity index (χ0v) is 12.0. The van der Waals surface area contributed by atoms with Gasteiger partial charge >= 0.3 is 6.03 Å². The standard InChI is InChI=1S/C10H11FN2O5S2/c1-19(15,16)7-2-3-8(11)9(6-7)20(17,18)13-5-4-12-10(13)14/h2-3,6H,4-5H2,1H3,(H,12,14). The molecule has 1 aliphatic heterocycles. The molecule has 1 fully saturated rings. The predicted octanol–water partition coefficient (Wildman–Crippen LogP) is -0.0569. The highest BCUT2D eigenvalue weighted by Crippen LogP contribution is 2.23. The Hall–Kier alpha value is -1.68. The number of hydrogen-bond donors (Lipinski definition) is 1. The van der Waals surface area contributed by atoms with Gasteiger partial charge in [0, 0.05) is 12.8 Å². The number of sulfonamides is 1. The van der Waals surface area contributed by atoms with E-state index < -0.39 is 36.6 Å². The molecule has 0 aliphatic carbocycles. The summed E-state index contributed by atoms with van der Waals surface area (Å²) in [6.07, 6.45) is 0.874. The molecule has 0 spiro atoms. The van der Waals surface area contributed by atoms with Gasteiger partial charge in [-0.2, -0.15) is 0 Å². The summed E-state index contributed by atoms with van der Waals surface area (Å²) < 4.78 is 61.3. The molecular formula is C10H11FN2O5S2. The summed E-state index contributed by atoms with van der Waals surface area (Å²) in [4.78, 5) is 10.2. The zero-order chi connectivity index (χ0) is 15.1. The first-order valence-corrected chi connectivity index (χ1v) is 8.77. The molecule has 10 heteroatoms. The van der Waals surface area contributed by atoms with E-state index in [1.165, 1.54) is 0 Å². The molecule has 0 unspecified atom stereocenters. The first-order valence-electron chi connectivity index (χ1n) is 5.44. The van der Waals surface area contributed by atoms with Gasteiger partial charge in [-0.3, -0.25) is 0 Å². The molecule has 1 aromatic carbocycles. The normalized spacial score (nSPS) is 16.3. The molecule has 1 aliphatic rings. The molecule has 7 nitrogen and oxygen atoms in total. The van der Waals surface area contributed by atoms with E-state index >= 15 is 0 Å². The smallest absolute Gasteiger partial charge is 0.331 e. The topological polar surface area (TPSA) is 101 Å². The lowest BCUT2D eigenvalue weighted by Crippen LogP contribution is -2.34. The molecule has 0 saturated carbocycles. The van der Waals surface area contributed by atoms with Crippen LogP contribution in [0.15, 0.2) is 28.0 Å². The second-order valence-electron chi connectivity index (χ2n) is 4.17. The van der Waals surface area contributed by atoms with Gasteiger partial charge in [-0.25, -0.2) is 30.3 Å². The molecule has 1 heterocycles. The van der Waals surface area contributed by atoms with Crippen LogP contribution in [0.3, 0.4) is 0 Å². The lowest BCUT2D eigenvalue weighted by molar-refractivity contribution is 0.235. The Kier molecular flexibility index (Phi) is 3.46. The minimum Gasteiger partial charge on any atom is -0.335 e. The molecule has 1 N–H and O–H groups in total. The van der Waals surface area contributed by atoms with Gasteiger partial charge in [0.1, 0.15) is 10.7 Å². The summed E-state index contributed by atoms with van der Waals surface area (Å²) in [5, 5.41) is 2.28. The number of nitrogens with zero attached hydrogens (tertiary/aromatic N) is 1. The van der Waals surface area contributed by atoms with E-state index in [1.54, 1.807) is 0 Å². The summed E-state index contributed by atoms with van der Waals surface area (Å²) in [6, 6.07) is 1.56. The Bertz CT molecular complexity index is 773. The Morgan fingerprint density at radius 3 is 2.40 bits per heavy atom. The van der Waals surface area contributed by atoms with Crippen molar-refractivity contribution in [1.82, 2.24) is 9.62 Å². The van der Waals surface area contributed by atoms with Crippen molar-refractivity contribution in [2.24, 2.45) is 0 Å². The second-order valence-corrected chi connectivity index (χ2v) is 8.02. The molecule has 0 atom stereocenters. The van der Waals surface area contributed by atoms with E-state index in [9.17, 15) is 26.0 Å². The van der Waals surface area contributed by atoms with Crippen LogP contribution in [-0.4, -0.2) is 46.5 Å². The molecule has 20 heavy (non-hydrogen) atoms. The number of rotatable bonds is 3.